The number of hydrogen-bond acceptors (Lipinski definition) is 8. The Morgan fingerprint density at radius 3 is 2.61 bits per heavy atom. The van der Waals surface area contributed by atoms with Crippen LogP contribution in [-0.2, 0) is 6.54 Å². The Labute approximate surface area is 179 Å². The highest BCUT2D eigenvalue weighted by Crippen LogP contribution is 2.33. The molecular formula is C23H20N6O2. The SMILES string of the molecule is c1ccc(-c2ncnc(Nc3ccc4c(c3)OCCO4)n2)c(NCc2ccncc2)c1. The molecule has 1 aliphatic rings. The van der Waals surface area contributed by atoms with Gasteiger partial charge in [0.05, 0.1) is 0 Å². The molecular weight excluding hydrogens is 392 g/mol. The molecule has 4 aromatic rings. The van der Waals surface area contributed by atoms with Crippen LogP contribution in [0.4, 0.5) is 17.3 Å². The van der Waals surface area contributed by atoms with E-state index < -0.39 is 0 Å². The van der Waals surface area contributed by atoms with Gasteiger partial charge in [0, 0.05) is 41.9 Å². The number of pyridine rings is 1. The van der Waals surface area contributed by atoms with E-state index in [9.17, 15) is 0 Å². The Balaban J connectivity index is 1.37. The summed E-state index contributed by atoms with van der Waals surface area (Å²) >= 11 is 0. The van der Waals surface area contributed by atoms with Crippen LogP contribution in [0.2, 0.25) is 0 Å². The highest BCUT2D eigenvalue weighted by Gasteiger charge is 2.13. The summed E-state index contributed by atoms with van der Waals surface area (Å²) in [4.78, 5) is 17.3. The van der Waals surface area contributed by atoms with Crippen LogP contribution in [0.3, 0.4) is 0 Å². The summed E-state index contributed by atoms with van der Waals surface area (Å²) in [5.41, 5.74) is 3.78. The van der Waals surface area contributed by atoms with Crippen LogP contribution < -0.4 is 20.1 Å². The number of aromatic nitrogens is 4. The Hall–Kier alpha value is -4.20. The number of benzene rings is 2. The molecule has 0 radical (unpaired) electrons. The van der Waals surface area contributed by atoms with E-state index in [2.05, 4.69) is 30.6 Å². The first kappa shape index (κ1) is 18.8. The Morgan fingerprint density at radius 2 is 1.71 bits per heavy atom. The molecule has 2 N–H and O–H groups in total. The molecule has 1 aliphatic heterocycles. The van der Waals surface area contributed by atoms with Crippen molar-refractivity contribution in [2.24, 2.45) is 0 Å². The van der Waals surface area contributed by atoms with E-state index in [1.807, 2.05) is 54.6 Å². The molecule has 0 bridgehead atoms. The molecule has 0 amide bonds. The van der Waals surface area contributed by atoms with E-state index in [0.717, 1.165) is 28.3 Å². The number of nitrogens with one attached hydrogen (secondary N) is 2. The van der Waals surface area contributed by atoms with Gasteiger partial charge in [-0.15, -0.1) is 0 Å². The number of ether oxygens (including phenoxy) is 2. The zero-order valence-electron chi connectivity index (χ0n) is 16.7. The first-order valence-electron chi connectivity index (χ1n) is 9.93. The molecule has 0 saturated heterocycles. The minimum Gasteiger partial charge on any atom is -0.486 e. The summed E-state index contributed by atoms with van der Waals surface area (Å²) in [6.45, 7) is 1.77. The molecule has 2 aromatic carbocycles. The van der Waals surface area contributed by atoms with Gasteiger partial charge < -0.3 is 20.1 Å². The van der Waals surface area contributed by atoms with Gasteiger partial charge in [0.1, 0.15) is 19.5 Å². The predicted octanol–water partition coefficient (Wildman–Crippen LogP) is 4.06. The smallest absolute Gasteiger partial charge is 0.230 e. The van der Waals surface area contributed by atoms with Gasteiger partial charge in [-0.3, -0.25) is 4.98 Å². The van der Waals surface area contributed by atoms with E-state index >= 15 is 0 Å². The van der Waals surface area contributed by atoms with Gasteiger partial charge in [0.15, 0.2) is 17.3 Å². The van der Waals surface area contributed by atoms with Crippen LogP contribution in [0, 0.1) is 0 Å². The predicted molar refractivity (Wildman–Crippen MR) is 118 cm³/mol. The van der Waals surface area contributed by atoms with Crippen molar-refractivity contribution in [1.29, 1.82) is 0 Å². The molecule has 8 heteroatoms. The highest BCUT2D eigenvalue weighted by atomic mass is 16.6. The van der Waals surface area contributed by atoms with Gasteiger partial charge in [-0.05, 0) is 42.0 Å². The van der Waals surface area contributed by atoms with Crippen molar-refractivity contribution in [2.75, 3.05) is 23.8 Å². The van der Waals surface area contributed by atoms with Crippen molar-refractivity contribution in [3.8, 4) is 22.9 Å². The number of anilines is 3. The fourth-order valence-corrected chi connectivity index (χ4v) is 3.27. The first-order chi connectivity index (χ1) is 15.3. The van der Waals surface area contributed by atoms with Crippen molar-refractivity contribution >= 4 is 17.3 Å². The highest BCUT2D eigenvalue weighted by molar-refractivity contribution is 5.74. The van der Waals surface area contributed by atoms with Crippen molar-refractivity contribution in [3.05, 3.63) is 78.9 Å². The fourth-order valence-electron chi connectivity index (χ4n) is 3.27. The Bertz CT molecular complexity index is 1190. The van der Waals surface area contributed by atoms with E-state index in [-0.39, 0.29) is 0 Å². The van der Waals surface area contributed by atoms with Crippen molar-refractivity contribution in [3.63, 3.8) is 0 Å². The number of fused-ring (bicyclic) bond motifs is 1. The van der Waals surface area contributed by atoms with E-state index in [4.69, 9.17) is 9.47 Å². The Kier molecular flexibility index (Phi) is 5.25. The summed E-state index contributed by atoms with van der Waals surface area (Å²) in [6, 6.07) is 17.5. The standard InChI is InChI=1S/C23H20N6O2/c1-2-4-19(25-14-16-7-9-24-10-8-16)18(3-1)22-26-15-27-23(29-22)28-17-5-6-20-21(13-17)31-12-11-30-20/h1-10,13,15,25H,11-12,14H2,(H,26,27,28,29). The van der Waals surface area contributed by atoms with Gasteiger partial charge >= 0.3 is 0 Å². The largest absolute Gasteiger partial charge is 0.486 e. The summed E-state index contributed by atoms with van der Waals surface area (Å²) < 4.78 is 11.2. The molecule has 0 atom stereocenters. The van der Waals surface area contributed by atoms with Gasteiger partial charge in [0.2, 0.25) is 5.95 Å². The quantitative estimate of drug-likeness (QED) is 0.490. The average molecular weight is 412 g/mol. The van der Waals surface area contributed by atoms with Crippen LogP contribution in [0.5, 0.6) is 11.5 Å². The maximum Gasteiger partial charge on any atom is 0.230 e. The summed E-state index contributed by atoms with van der Waals surface area (Å²) in [7, 11) is 0. The van der Waals surface area contributed by atoms with Crippen LogP contribution in [0.1, 0.15) is 5.56 Å². The molecule has 3 heterocycles. The lowest BCUT2D eigenvalue weighted by Crippen LogP contribution is -2.15. The molecule has 31 heavy (non-hydrogen) atoms. The molecule has 2 aromatic heterocycles. The van der Waals surface area contributed by atoms with Crippen molar-refractivity contribution in [1.82, 2.24) is 19.9 Å². The van der Waals surface area contributed by atoms with Crippen molar-refractivity contribution < 1.29 is 9.47 Å². The second kappa shape index (κ2) is 8.66. The van der Waals surface area contributed by atoms with E-state index in [0.29, 0.717) is 37.3 Å². The van der Waals surface area contributed by atoms with Gasteiger partial charge in [-0.25, -0.2) is 9.97 Å². The minimum atomic E-state index is 0.450. The second-order valence-electron chi connectivity index (χ2n) is 6.87. The normalized spacial score (nSPS) is 12.3. The summed E-state index contributed by atoms with van der Waals surface area (Å²) in [5.74, 6) is 2.47. The molecule has 154 valence electrons. The lowest BCUT2D eigenvalue weighted by atomic mass is 10.1. The minimum absolute atomic E-state index is 0.450. The molecule has 8 nitrogen and oxygen atoms in total. The lowest BCUT2D eigenvalue weighted by Gasteiger charge is -2.19. The fraction of sp³-hybridized carbons (Fsp3) is 0.130. The maximum absolute atomic E-state index is 5.64. The molecule has 0 unspecified atom stereocenters. The van der Waals surface area contributed by atoms with Crippen LogP contribution in [0.25, 0.3) is 11.4 Å². The van der Waals surface area contributed by atoms with Crippen LogP contribution in [0.15, 0.2) is 73.3 Å². The third kappa shape index (κ3) is 4.37. The molecule has 0 aliphatic carbocycles. The summed E-state index contributed by atoms with van der Waals surface area (Å²) in [5, 5.41) is 6.67. The summed E-state index contributed by atoms with van der Waals surface area (Å²) in [6.07, 6.45) is 5.07. The number of para-hydroxylation sites is 1. The first-order valence-corrected chi connectivity index (χ1v) is 9.93. The van der Waals surface area contributed by atoms with Crippen molar-refractivity contribution in [2.45, 2.75) is 6.54 Å². The maximum atomic E-state index is 5.64. The zero-order valence-corrected chi connectivity index (χ0v) is 16.7. The average Bonchev–Trinajstić information content (AvgIpc) is 2.84. The number of hydrogen-bond donors (Lipinski definition) is 2. The van der Waals surface area contributed by atoms with Gasteiger partial charge in [-0.1, -0.05) is 12.1 Å². The monoisotopic (exact) mass is 412 g/mol. The molecule has 0 fully saturated rings. The third-order valence-corrected chi connectivity index (χ3v) is 4.77. The lowest BCUT2D eigenvalue weighted by molar-refractivity contribution is 0.171. The molecule has 0 saturated carbocycles. The van der Waals surface area contributed by atoms with E-state index in [1.165, 1.54) is 6.33 Å². The number of nitrogens with zero attached hydrogens (tertiary/aromatic N) is 4. The zero-order chi connectivity index (χ0) is 20.9. The topological polar surface area (TPSA) is 94.1 Å². The van der Waals surface area contributed by atoms with Crippen LogP contribution >= 0.6 is 0 Å². The van der Waals surface area contributed by atoms with Gasteiger partial charge in [0.25, 0.3) is 0 Å². The third-order valence-electron chi connectivity index (χ3n) is 4.77. The molecule has 0 spiro atoms. The van der Waals surface area contributed by atoms with Gasteiger partial charge in [-0.2, -0.15) is 4.98 Å². The van der Waals surface area contributed by atoms with Crippen LogP contribution in [-0.4, -0.2) is 33.1 Å². The second-order valence-corrected chi connectivity index (χ2v) is 6.87. The Morgan fingerprint density at radius 1 is 0.871 bits per heavy atom. The van der Waals surface area contributed by atoms with E-state index in [1.54, 1.807) is 12.4 Å². The molecule has 5 rings (SSSR count). The number of rotatable bonds is 6.